The van der Waals surface area contributed by atoms with Crippen molar-refractivity contribution >= 4 is 28.5 Å². The molecule has 3 aromatic rings. The zero-order valence-electron chi connectivity index (χ0n) is 26.8. The first-order valence-corrected chi connectivity index (χ1v) is 16.5. The largest absolute Gasteiger partial charge is 0.394 e. The first-order valence-electron chi connectivity index (χ1n) is 16.1. The van der Waals surface area contributed by atoms with Crippen LogP contribution in [-0.4, -0.2) is 117 Å². The summed E-state index contributed by atoms with van der Waals surface area (Å²) in [5.74, 6) is 9.39. The Hall–Kier alpha value is -3.34. The highest BCUT2D eigenvalue weighted by molar-refractivity contribution is 6.28. The van der Waals surface area contributed by atoms with Crippen LogP contribution in [-0.2, 0) is 45.4 Å². The SMILES string of the molecule is C#CCOCCOCCOCCOCCOCC#Cc1ccc2c(c1)COC21CN(c2nc(Cl)nc3c2cnn3C2CCC(CO)O2)C1. The maximum absolute atomic E-state index is 9.47. The minimum atomic E-state index is -0.413. The van der Waals surface area contributed by atoms with E-state index in [1.165, 1.54) is 5.56 Å². The summed E-state index contributed by atoms with van der Waals surface area (Å²) < 4.78 is 41.1. The second-order valence-corrected chi connectivity index (χ2v) is 11.9. The third-order valence-electron chi connectivity index (χ3n) is 8.34. The van der Waals surface area contributed by atoms with Gasteiger partial charge in [0, 0.05) is 5.56 Å². The van der Waals surface area contributed by atoms with Crippen molar-refractivity contribution in [2.45, 2.75) is 37.4 Å². The molecule has 1 spiro atoms. The monoisotopic (exact) mass is 681 g/mol. The molecule has 0 saturated carbocycles. The summed E-state index contributed by atoms with van der Waals surface area (Å²) in [7, 11) is 0. The summed E-state index contributed by atoms with van der Waals surface area (Å²) in [5, 5.41) is 15.0. The molecule has 256 valence electrons. The van der Waals surface area contributed by atoms with E-state index in [1.807, 2.05) is 6.07 Å². The Morgan fingerprint density at radius 3 is 2.35 bits per heavy atom. The van der Waals surface area contributed by atoms with Gasteiger partial charge in [-0.1, -0.05) is 23.8 Å². The lowest BCUT2D eigenvalue weighted by molar-refractivity contribution is -0.0585. The number of benzene rings is 1. The van der Waals surface area contributed by atoms with E-state index < -0.39 is 5.60 Å². The molecule has 3 aliphatic rings. The average molecular weight is 682 g/mol. The summed E-state index contributed by atoms with van der Waals surface area (Å²) in [4.78, 5) is 11.1. The molecule has 0 aliphatic carbocycles. The minimum absolute atomic E-state index is 0.0185. The van der Waals surface area contributed by atoms with E-state index in [4.69, 9.17) is 51.2 Å². The van der Waals surface area contributed by atoms with Gasteiger partial charge >= 0.3 is 0 Å². The van der Waals surface area contributed by atoms with Crippen LogP contribution in [0.25, 0.3) is 11.0 Å². The predicted octanol–water partition coefficient (Wildman–Crippen LogP) is 2.46. The van der Waals surface area contributed by atoms with Gasteiger partial charge in [-0.2, -0.15) is 15.1 Å². The number of hydrogen-bond acceptors (Lipinski definition) is 12. The molecule has 48 heavy (non-hydrogen) atoms. The van der Waals surface area contributed by atoms with Gasteiger partial charge in [-0.25, -0.2) is 4.68 Å². The van der Waals surface area contributed by atoms with E-state index >= 15 is 0 Å². The van der Waals surface area contributed by atoms with E-state index in [0.717, 1.165) is 35.2 Å². The lowest BCUT2D eigenvalue weighted by Crippen LogP contribution is -2.59. The van der Waals surface area contributed by atoms with Gasteiger partial charge in [0.25, 0.3) is 0 Å². The number of aliphatic hydroxyl groups is 1. The smallest absolute Gasteiger partial charge is 0.226 e. The highest BCUT2D eigenvalue weighted by atomic mass is 35.5. The summed E-state index contributed by atoms with van der Waals surface area (Å²) in [6.45, 7) is 6.26. The predicted molar refractivity (Wildman–Crippen MR) is 175 cm³/mol. The van der Waals surface area contributed by atoms with E-state index in [2.05, 4.69) is 49.9 Å². The fraction of sp³-hybridized carbons (Fsp3) is 0.559. The van der Waals surface area contributed by atoms with Crippen LogP contribution in [0.15, 0.2) is 24.4 Å². The molecule has 13 nitrogen and oxygen atoms in total. The van der Waals surface area contributed by atoms with E-state index in [0.29, 0.717) is 91.4 Å². The molecule has 5 heterocycles. The molecule has 6 rings (SSSR count). The summed E-state index contributed by atoms with van der Waals surface area (Å²) in [5.41, 5.74) is 3.42. The summed E-state index contributed by atoms with van der Waals surface area (Å²) in [6, 6.07) is 6.22. The fourth-order valence-corrected chi connectivity index (χ4v) is 6.18. The third-order valence-corrected chi connectivity index (χ3v) is 8.51. The summed E-state index contributed by atoms with van der Waals surface area (Å²) in [6.07, 6.45) is 7.87. The molecule has 14 heteroatoms. The molecule has 1 aromatic carbocycles. The van der Waals surface area contributed by atoms with Gasteiger partial charge in [-0.3, -0.25) is 0 Å². The van der Waals surface area contributed by atoms with Crippen LogP contribution < -0.4 is 4.90 Å². The minimum Gasteiger partial charge on any atom is -0.394 e. The number of ether oxygens (including phenoxy) is 7. The molecular weight excluding hydrogens is 642 g/mol. The maximum Gasteiger partial charge on any atom is 0.226 e. The van der Waals surface area contributed by atoms with Crippen LogP contribution >= 0.6 is 11.6 Å². The first kappa shape index (κ1) is 34.5. The van der Waals surface area contributed by atoms with Gasteiger partial charge in [0.05, 0.1) is 96.8 Å². The molecule has 3 aliphatic heterocycles. The number of hydrogen-bond donors (Lipinski definition) is 1. The van der Waals surface area contributed by atoms with Crippen molar-refractivity contribution in [3.8, 4) is 24.2 Å². The molecule has 0 amide bonds. The molecule has 2 aromatic heterocycles. The second-order valence-electron chi connectivity index (χ2n) is 11.6. The number of halogens is 1. The fourth-order valence-electron chi connectivity index (χ4n) is 6.02. The molecule has 2 unspecified atom stereocenters. The van der Waals surface area contributed by atoms with Crippen molar-refractivity contribution in [1.29, 1.82) is 0 Å². The Balaban J connectivity index is 0.910. The molecule has 1 N–H and O–H groups in total. The van der Waals surface area contributed by atoms with Crippen molar-refractivity contribution in [2.75, 3.05) is 90.7 Å². The van der Waals surface area contributed by atoms with Crippen LogP contribution in [0.3, 0.4) is 0 Å². The Morgan fingerprint density at radius 1 is 0.958 bits per heavy atom. The Labute approximate surface area is 284 Å². The second kappa shape index (κ2) is 16.9. The number of aromatic nitrogens is 4. The molecule has 2 fully saturated rings. The highest BCUT2D eigenvalue weighted by Gasteiger charge is 2.51. The van der Waals surface area contributed by atoms with Crippen LogP contribution in [0, 0.1) is 24.2 Å². The quantitative estimate of drug-likeness (QED) is 0.128. The lowest BCUT2D eigenvalue weighted by atomic mass is 9.84. The molecule has 2 saturated heterocycles. The third kappa shape index (κ3) is 8.26. The van der Waals surface area contributed by atoms with Crippen molar-refractivity contribution in [1.82, 2.24) is 19.7 Å². The van der Waals surface area contributed by atoms with Gasteiger partial charge in [-0.05, 0) is 47.7 Å². The van der Waals surface area contributed by atoms with E-state index in [9.17, 15) is 5.11 Å². The molecule has 0 bridgehead atoms. The number of aliphatic hydroxyl groups excluding tert-OH is 1. The number of anilines is 1. The number of rotatable bonds is 17. The van der Waals surface area contributed by atoms with Gasteiger partial charge in [-0.15, -0.1) is 6.42 Å². The Bertz CT molecular complexity index is 1630. The zero-order valence-corrected chi connectivity index (χ0v) is 27.5. The van der Waals surface area contributed by atoms with Crippen LogP contribution in [0.4, 0.5) is 5.82 Å². The van der Waals surface area contributed by atoms with Crippen molar-refractivity contribution < 1.29 is 38.3 Å². The van der Waals surface area contributed by atoms with Crippen molar-refractivity contribution in [3.63, 3.8) is 0 Å². The normalized spacial score (nSPS) is 19.3. The highest BCUT2D eigenvalue weighted by Crippen LogP contribution is 2.46. The average Bonchev–Trinajstić information content (AvgIpc) is 3.82. The molecule has 0 radical (unpaired) electrons. The van der Waals surface area contributed by atoms with Crippen molar-refractivity contribution in [3.05, 3.63) is 46.4 Å². The van der Waals surface area contributed by atoms with Gasteiger partial charge < -0.3 is 43.2 Å². The lowest BCUT2D eigenvalue weighted by Gasteiger charge is -2.48. The van der Waals surface area contributed by atoms with E-state index in [-0.39, 0.29) is 24.2 Å². The number of fused-ring (bicyclic) bond motifs is 3. The first-order chi connectivity index (χ1) is 23.6. The Kier molecular flexibility index (Phi) is 12.1. The van der Waals surface area contributed by atoms with Crippen LogP contribution in [0.2, 0.25) is 5.28 Å². The van der Waals surface area contributed by atoms with Crippen molar-refractivity contribution in [2.24, 2.45) is 0 Å². The van der Waals surface area contributed by atoms with E-state index in [1.54, 1.807) is 10.9 Å². The zero-order chi connectivity index (χ0) is 33.2. The van der Waals surface area contributed by atoms with Crippen LogP contribution in [0.5, 0.6) is 0 Å². The topological polar surface area (TPSA) is 132 Å². The Morgan fingerprint density at radius 2 is 1.67 bits per heavy atom. The number of terminal acetylenes is 1. The number of nitrogens with zero attached hydrogens (tertiary/aromatic N) is 5. The van der Waals surface area contributed by atoms with Gasteiger partial charge in [0.15, 0.2) is 11.9 Å². The maximum atomic E-state index is 9.47. The summed E-state index contributed by atoms with van der Waals surface area (Å²) >= 11 is 6.37. The van der Waals surface area contributed by atoms with Crippen LogP contribution in [0.1, 0.15) is 35.8 Å². The standard InChI is InChI=1S/C34H40ClN5O8/c1-2-9-42-11-13-44-15-17-46-18-16-45-14-12-43-10-3-4-25-5-7-29-26(19-25)22-47-34(29)23-39(24-34)31-28-20-36-40(32(28)38-33(35)37-31)30-8-6-27(21-41)48-30/h1,5,7,19-20,27,30,41H,6,8-18,21-24H2. The van der Waals surface area contributed by atoms with Gasteiger partial charge in [0.1, 0.15) is 24.6 Å². The molecular formula is C34H40ClN5O8. The van der Waals surface area contributed by atoms with Gasteiger partial charge in [0.2, 0.25) is 5.28 Å². The molecule has 2 atom stereocenters.